The van der Waals surface area contributed by atoms with Gasteiger partial charge >= 0.3 is 0 Å². The number of rotatable bonds is 2. The highest BCUT2D eigenvalue weighted by Crippen LogP contribution is 2.53. The van der Waals surface area contributed by atoms with Gasteiger partial charge in [-0.25, -0.2) is 0 Å². The summed E-state index contributed by atoms with van der Waals surface area (Å²) in [6, 6.07) is 1.62. The maximum absolute atomic E-state index is 3.83. The molecule has 2 saturated heterocycles. The zero-order valence-electron chi connectivity index (χ0n) is 12.5. The van der Waals surface area contributed by atoms with Crippen LogP contribution in [-0.2, 0) is 0 Å². The number of hydrogen-bond donors (Lipinski definition) is 2. The first-order chi connectivity index (χ1) is 9.17. The molecular weight excluding hydrogens is 232 g/mol. The van der Waals surface area contributed by atoms with Crippen LogP contribution in [0.5, 0.6) is 0 Å². The van der Waals surface area contributed by atoms with Crippen LogP contribution in [-0.4, -0.2) is 25.2 Å². The molecule has 2 aliphatic carbocycles. The van der Waals surface area contributed by atoms with Gasteiger partial charge in [0.25, 0.3) is 0 Å². The monoisotopic (exact) mass is 262 g/mol. The van der Waals surface area contributed by atoms with Gasteiger partial charge in [0, 0.05) is 25.2 Å². The van der Waals surface area contributed by atoms with Gasteiger partial charge < -0.3 is 10.6 Å². The van der Waals surface area contributed by atoms with E-state index < -0.39 is 0 Å². The fourth-order valence-corrected chi connectivity index (χ4v) is 5.47. The van der Waals surface area contributed by atoms with E-state index in [-0.39, 0.29) is 0 Å². The Morgan fingerprint density at radius 2 is 1.79 bits per heavy atom. The normalized spacial score (nSPS) is 48.2. The van der Waals surface area contributed by atoms with Crippen molar-refractivity contribution in [2.45, 2.75) is 76.8 Å². The van der Waals surface area contributed by atoms with Crippen molar-refractivity contribution in [1.82, 2.24) is 10.6 Å². The first-order valence-electron chi connectivity index (χ1n) is 8.64. The lowest BCUT2D eigenvalue weighted by atomic mass is 9.67. The highest BCUT2D eigenvalue weighted by atomic mass is 15.0. The molecule has 4 atom stereocenters. The Morgan fingerprint density at radius 1 is 0.947 bits per heavy atom. The lowest BCUT2D eigenvalue weighted by Gasteiger charge is -2.38. The smallest absolute Gasteiger partial charge is 0.00757 e. The molecule has 2 saturated carbocycles. The Morgan fingerprint density at radius 3 is 2.47 bits per heavy atom. The molecule has 0 aromatic rings. The van der Waals surface area contributed by atoms with Crippen molar-refractivity contribution in [3.63, 3.8) is 0 Å². The van der Waals surface area contributed by atoms with Gasteiger partial charge in [-0.1, -0.05) is 12.8 Å². The van der Waals surface area contributed by atoms with Crippen molar-refractivity contribution in [3.05, 3.63) is 0 Å². The maximum atomic E-state index is 3.83. The van der Waals surface area contributed by atoms with Gasteiger partial charge in [-0.3, -0.25) is 0 Å². The summed E-state index contributed by atoms with van der Waals surface area (Å²) >= 11 is 0. The van der Waals surface area contributed by atoms with Gasteiger partial charge in [0.2, 0.25) is 0 Å². The van der Waals surface area contributed by atoms with Gasteiger partial charge in [0.15, 0.2) is 0 Å². The molecule has 4 aliphatic rings. The summed E-state index contributed by atoms with van der Waals surface area (Å²) in [6.45, 7) is 4.99. The fourth-order valence-electron chi connectivity index (χ4n) is 5.47. The molecule has 108 valence electrons. The third-order valence-electron chi connectivity index (χ3n) is 6.63. The maximum Gasteiger partial charge on any atom is 0.00757 e. The summed E-state index contributed by atoms with van der Waals surface area (Å²) < 4.78 is 0. The average Bonchev–Trinajstić information content (AvgIpc) is 2.88. The van der Waals surface area contributed by atoms with E-state index in [2.05, 4.69) is 17.6 Å². The van der Waals surface area contributed by atoms with Gasteiger partial charge in [-0.15, -0.1) is 0 Å². The number of hydrogen-bond acceptors (Lipinski definition) is 2. The van der Waals surface area contributed by atoms with E-state index in [1.54, 1.807) is 0 Å². The molecule has 2 N–H and O–H groups in total. The standard InChI is InChI=1S/C17H30N2/c1-13-8-17(12-18-13)4-2-3-14(9-17)7-15-10-16(5-6-16)11-19-15/h13-15,18-19H,2-12H2,1H3. The third-order valence-corrected chi connectivity index (χ3v) is 6.63. The van der Waals surface area contributed by atoms with E-state index in [4.69, 9.17) is 0 Å². The first kappa shape index (κ1) is 12.6. The first-order valence-corrected chi connectivity index (χ1v) is 8.64. The summed E-state index contributed by atoms with van der Waals surface area (Å²) in [5.74, 6) is 1.01. The molecule has 2 heteroatoms. The molecule has 2 aliphatic heterocycles. The summed E-state index contributed by atoms with van der Waals surface area (Å²) in [5.41, 5.74) is 1.46. The second-order valence-corrected chi connectivity index (χ2v) is 8.47. The molecule has 0 aromatic heterocycles. The molecule has 2 nitrogen and oxygen atoms in total. The minimum atomic E-state index is 0.679. The Bertz CT molecular complexity index is 345. The van der Waals surface area contributed by atoms with Crippen LogP contribution >= 0.6 is 0 Å². The van der Waals surface area contributed by atoms with Crippen LogP contribution in [0.4, 0.5) is 0 Å². The Hall–Kier alpha value is -0.0800. The molecule has 19 heavy (non-hydrogen) atoms. The predicted octanol–water partition coefficient (Wildman–Crippen LogP) is 3.08. The van der Waals surface area contributed by atoms with E-state index in [1.807, 2.05) is 0 Å². The largest absolute Gasteiger partial charge is 0.314 e. The van der Waals surface area contributed by atoms with Gasteiger partial charge in [-0.2, -0.15) is 0 Å². The minimum absolute atomic E-state index is 0.679. The topological polar surface area (TPSA) is 24.1 Å². The van der Waals surface area contributed by atoms with E-state index in [0.717, 1.165) is 23.4 Å². The van der Waals surface area contributed by atoms with Crippen LogP contribution in [0.3, 0.4) is 0 Å². The van der Waals surface area contributed by atoms with Crippen molar-refractivity contribution >= 4 is 0 Å². The molecule has 2 spiro atoms. The molecule has 0 radical (unpaired) electrons. The van der Waals surface area contributed by atoms with E-state index >= 15 is 0 Å². The highest BCUT2D eigenvalue weighted by molar-refractivity contribution is 5.04. The molecule has 0 amide bonds. The number of nitrogens with one attached hydrogen (secondary N) is 2. The van der Waals surface area contributed by atoms with Crippen molar-refractivity contribution < 1.29 is 0 Å². The van der Waals surface area contributed by atoms with E-state index in [0.29, 0.717) is 5.41 Å². The highest BCUT2D eigenvalue weighted by Gasteiger charge is 2.49. The molecule has 4 unspecified atom stereocenters. The van der Waals surface area contributed by atoms with Crippen LogP contribution in [0.2, 0.25) is 0 Å². The Labute approximate surface area is 118 Å². The second-order valence-electron chi connectivity index (χ2n) is 8.47. The lowest BCUT2D eigenvalue weighted by Crippen LogP contribution is -2.33. The molecule has 4 fully saturated rings. The Kier molecular flexibility index (Phi) is 2.97. The summed E-state index contributed by atoms with van der Waals surface area (Å²) in [6.07, 6.45) is 13.4. The zero-order valence-corrected chi connectivity index (χ0v) is 12.5. The minimum Gasteiger partial charge on any atom is -0.314 e. The summed E-state index contributed by atoms with van der Waals surface area (Å²) in [4.78, 5) is 0. The van der Waals surface area contributed by atoms with Crippen molar-refractivity contribution in [3.8, 4) is 0 Å². The molecule has 4 rings (SSSR count). The van der Waals surface area contributed by atoms with Crippen LogP contribution in [0.15, 0.2) is 0 Å². The molecule has 0 bridgehead atoms. The van der Waals surface area contributed by atoms with Crippen LogP contribution < -0.4 is 10.6 Å². The van der Waals surface area contributed by atoms with E-state index in [9.17, 15) is 0 Å². The van der Waals surface area contributed by atoms with Crippen molar-refractivity contribution in [2.24, 2.45) is 16.7 Å². The van der Waals surface area contributed by atoms with Crippen LogP contribution in [0, 0.1) is 16.7 Å². The Balaban J connectivity index is 1.34. The summed E-state index contributed by atoms with van der Waals surface area (Å²) in [5, 5.41) is 7.53. The van der Waals surface area contributed by atoms with Crippen molar-refractivity contribution in [2.75, 3.05) is 13.1 Å². The molecule has 2 heterocycles. The van der Waals surface area contributed by atoms with Gasteiger partial charge in [0.1, 0.15) is 0 Å². The SMILES string of the molecule is CC1CC2(CCCC(CC3CC4(CC4)CN3)C2)CN1. The quantitative estimate of drug-likeness (QED) is 0.799. The molecular formula is C17H30N2. The fraction of sp³-hybridized carbons (Fsp3) is 1.00. The molecule has 0 aromatic carbocycles. The lowest BCUT2D eigenvalue weighted by molar-refractivity contribution is 0.143. The third kappa shape index (κ3) is 2.47. The van der Waals surface area contributed by atoms with Crippen molar-refractivity contribution in [1.29, 1.82) is 0 Å². The predicted molar refractivity (Wildman–Crippen MR) is 79.2 cm³/mol. The second kappa shape index (κ2) is 4.46. The van der Waals surface area contributed by atoms with Crippen LogP contribution in [0.25, 0.3) is 0 Å². The average molecular weight is 262 g/mol. The van der Waals surface area contributed by atoms with Gasteiger partial charge in [-0.05, 0) is 68.6 Å². The zero-order chi connectivity index (χ0) is 12.9. The van der Waals surface area contributed by atoms with E-state index in [1.165, 1.54) is 70.9 Å². The van der Waals surface area contributed by atoms with Crippen LogP contribution in [0.1, 0.15) is 64.7 Å². The summed E-state index contributed by atoms with van der Waals surface area (Å²) in [7, 11) is 0. The van der Waals surface area contributed by atoms with Gasteiger partial charge in [0.05, 0.1) is 0 Å².